The number of fused-ring (bicyclic) bond motifs is 1. The lowest BCUT2D eigenvalue weighted by Gasteiger charge is -2.18. The highest BCUT2D eigenvalue weighted by molar-refractivity contribution is 5.93. The molecule has 3 heterocycles. The summed E-state index contributed by atoms with van der Waals surface area (Å²) in [5.74, 6) is -1.52. The summed E-state index contributed by atoms with van der Waals surface area (Å²) >= 11 is 0. The lowest BCUT2D eigenvalue weighted by Crippen LogP contribution is -2.36. The van der Waals surface area contributed by atoms with Crippen LogP contribution >= 0.6 is 0 Å². The Morgan fingerprint density at radius 2 is 1.65 bits per heavy atom. The van der Waals surface area contributed by atoms with E-state index < -0.39 is 42.3 Å². The number of hydrogen-bond acceptors (Lipinski definition) is 9. The number of pyridine rings is 1. The molecule has 2 aliphatic heterocycles. The van der Waals surface area contributed by atoms with Crippen LogP contribution < -0.4 is 4.74 Å². The van der Waals surface area contributed by atoms with Crippen molar-refractivity contribution in [3.8, 4) is 5.75 Å². The van der Waals surface area contributed by atoms with Crippen molar-refractivity contribution < 1.29 is 38.1 Å². The van der Waals surface area contributed by atoms with E-state index in [4.69, 9.17) is 23.7 Å². The third-order valence-corrected chi connectivity index (χ3v) is 5.00. The average Bonchev–Trinajstić information content (AvgIpc) is 3.38. The van der Waals surface area contributed by atoms with E-state index in [9.17, 15) is 14.4 Å². The molecule has 4 atom stereocenters. The summed E-state index contributed by atoms with van der Waals surface area (Å²) in [6.07, 6.45) is 0.724. The molecule has 1 aromatic carbocycles. The first-order chi connectivity index (χ1) is 15.1. The minimum absolute atomic E-state index is 0.0962. The van der Waals surface area contributed by atoms with E-state index in [1.807, 2.05) is 0 Å². The van der Waals surface area contributed by atoms with E-state index in [-0.39, 0.29) is 30.9 Å². The summed E-state index contributed by atoms with van der Waals surface area (Å²) in [7, 11) is 0. The molecule has 31 heavy (non-hydrogen) atoms. The SMILES string of the molecule is CCC(=O)Oc1ccccc1C(=O)O[C@H]1CO[C@H]2[C@@H]1OC[C@H]2OC(=O)c1cccnc1. The minimum atomic E-state index is -0.686. The Bertz CT molecular complexity index is 963. The number of esters is 3. The smallest absolute Gasteiger partial charge is 0.342 e. The van der Waals surface area contributed by atoms with Gasteiger partial charge >= 0.3 is 17.9 Å². The first-order valence-electron chi connectivity index (χ1n) is 9.91. The van der Waals surface area contributed by atoms with Crippen molar-refractivity contribution in [3.05, 3.63) is 59.9 Å². The highest BCUT2D eigenvalue weighted by Crippen LogP contribution is 2.32. The molecule has 2 aliphatic rings. The lowest BCUT2D eigenvalue weighted by atomic mass is 10.1. The average molecular weight is 427 g/mol. The molecule has 1 aromatic heterocycles. The maximum absolute atomic E-state index is 12.7. The summed E-state index contributed by atoms with van der Waals surface area (Å²) < 4.78 is 27.7. The van der Waals surface area contributed by atoms with Crippen molar-refractivity contribution in [2.75, 3.05) is 13.2 Å². The fourth-order valence-electron chi connectivity index (χ4n) is 3.44. The van der Waals surface area contributed by atoms with Crippen LogP contribution in [-0.4, -0.2) is 60.5 Å². The van der Waals surface area contributed by atoms with Gasteiger partial charge in [0.2, 0.25) is 0 Å². The third kappa shape index (κ3) is 4.57. The Labute approximate surface area is 178 Å². The molecule has 0 aliphatic carbocycles. The number of carbonyl (C=O) groups is 3. The van der Waals surface area contributed by atoms with Gasteiger partial charge in [-0.25, -0.2) is 9.59 Å². The number of benzene rings is 1. The van der Waals surface area contributed by atoms with Crippen molar-refractivity contribution in [1.29, 1.82) is 0 Å². The van der Waals surface area contributed by atoms with Crippen LogP contribution in [0.4, 0.5) is 0 Å². The summed E-state index contributed by atoms with van der Waals surface area (Å²) in [6.45, 7) is 1.88. The van der Waals surface area contributed by atoms with Gasteiger partial charge in [0.05, 0.1) is 18.8 Å². The summed E-state index contributed by atoms with van der Waals surface area (Å²) in [5, 5.41) is 0. The first kappa shape index (κ1) is 21.0. The molecule has 4 rings (SSSR count). The number of rotatable bonds is 6. The Balaban J connectivity index is 1.38. The fourth-order valence-corrected chi connectivity index (χ4v) is 3.44. The van der Waals surface area contributed by atoms with Gasteiger partial charge in [0, 0.05) is 18.8 Å². The molecule has 162 valence electrons. The molecule has 0 spiro atoms. The minimum Gasteiger partial charge on any atom is -0.453 e. The van der Waals surface area contributed by atoms with Crippen LogP contribution in [0.3, 0.4) is 0 Å². The summed E-state index contributed by atoms with van der Waals surface area (Å²) in [5.41, 5.74) is 0.454. The zero-order valence-electron chi connectivity index (χ0n) is 16.8. The van der Waals surface area contributed by atoms with Crippen molar-refractivity contribution in [2.24, 2.45) is 0 Å². The molecular weight excluding hydrogens is 406 g/mol. The normalized spacial score (nSPS) is 24.3. The van der Waals surface area contributed by atoms with Gasteiger partial charge in [-0.15, -0.1) is 0 Å². The van der Waals surface area contributed by atoms with Crippen LogP contribution in [0, 0.1) is 0 Å². The largest absolute Gasteiger partial charge is 0.453 e. The van der Waals surface area contributed by atoms with Crippen molar-refractivity contribution in [3.63, 3.8) is 0 Å². The number of para-hydroxylation sites is 1. The second-order valence-corrected chi connectivity index (χ2v) is 7.05. The van der Waals surface area contributed by atoms with Crippen molar-refractivity contribution in [2.45, 2.75) is 37.8 Å². The highest BCUT2D eigenvalue weighted by Gasteiger charge is 2.51. The Morgan fingerprint density at radius 1 is 0.968 bits per heavy atom. The standard InChI is InChI=1S/C22H21NO8/c1-2-18(24)29-15-8-4-3-7-14(15)22(26)31-17-12-28-19-16(11-27-20(17)19)30-21(25)13-6-5-9-23-10-13/h3-10,16-17,19-20H,2,11-12H2,1H3/t16-,17+,19-,20-/m1/s1. The van der Waals surface area contributed by atoms with Crippen molar-refractivity contribution in [1.82, 2.24) is 4.98 Å². The predicted molar refractivity (Wildman–Crippen MR) is 104 cm³/mol. The van der Waals surface area contributed by atoms with Crippen molar-refractivity contribution >= 4 is 17.9 Å². The van der Waals surface area contributed by atoms with Gasteiger partial charge in [0.1, 0.15) is 23.5 Å². The second-order valence-electron chi connectivity index (χ2n) is 7.05. The third-order valence-electron chi connectivity index (χ3n) is 5.00. The Morgan fingerprint density at radius 3 is 2.29 bits per heavy atom. The van der Waals surface area contributed by atoms with Gasteiger partial charge in [-0.05, 0) is 24.3 Å². The molecule has 2 saturated heterocycles. The zero-order chi connectivity index (χ0) is 21.8. The lowest BCUT2D eigenvalue weighted by molar-refractivity contribution is -0.134. The molecule has 9 nitrogen and oxygen atoms in total. The molecule has 0 radical (unpaired) electrons. The molecular formula is C22H21NO8. The van der Waals surface area contributed by atoms with Crippen LogP contribution in [0.25, 0.3) is 0 Å². The molecule has 0 saturated carbocycles. The predicted octanol–water partition coefficient (Wildman–Crippen LogP) is 1.95. The second kappa shape index (κ2) is 9.23. The van der Waals surface area contributed by atoms with Crippen LogP contribution in [0.5, 0.6) is 5.75 Å². The molecule has 2 fully saturated rings. The molecule has 0 unspecified atom stereocenters. The highest BCUT2D eigenvalue weighted by atomic mass is 16.7. The summed E-state index contributed by atoms with van der Waals surface area (Å²) in [4.78, 5) is 40.5. The number of hydrogen-bond donors (Lipinski definition) is 0. The molecule has 0 bridgehead atoms. The quantitative estimate of drug-likeness (QED) is 0.504. The van der Waals surface area contributed by atoms with Gasteiger partial charge in [-0.3, -0.25) is 9.78 Å². The van der Waals surface area contributed by atoms with Crippen LogP contribution in [-0.2, 0) is 23.7 Å². The van der Waals surface area contributed by atoms with Crippen LogP contribution in [0.15, 0.2) is 48.8 Å². The van der Waals surface area contributed by atoms with Crippen LogP contribution in [0.1, 0.15) is 34.1 Å². The van der Waals surface area contributed by atoms with E-state index in [1.54, 1.807) is 37.4 Å². The number of nitrogens with zero attached hydrogens (tertiary/aromatic N) is 1. The van der Waals surface area contributed by atoms with Gasteiger partial charge in [0.25, 0.3) is 0 Å². The van der Waals surface area contributed by atoms with E-state index in [1.165, 1.54) is 18.3 Å². The maximum Gasteiger partial charge on any atom is 0.342 e. The van der Waals surface area contributed by atoms with E-state index in [0.717, 1.165) is 0 Å². The van der Waals surface area contributed by atoms with Gasteiger partial charge < -0.3 is 23.7 Å². The Kier molecular flexibility index (Phi) is 6.24. The number of ether oxygens (including phenoxy) is 5. The molecule has 0 N–H and O–H groups in total. The zero-order valence-corrected chi connectivity index (χ0v) is 16.8. The molecule has 9 heteroatoms. The maximum atomic E-state index is 12.7. The fraction of sp³-hybridized carbons (Fsp3) is 0.364. The monoisotopic (exact) mass is 427 g/mol. The van der Waals surface area contributed by atoms with Crippen LogP contribution in [0.2, 0.25) is 0 Å². The Hall–Kier alpha value is -3.30. The number of carbonyl (C=O) groups excluding carboxylic acids is 3. The topological polar surface area (TPSA) is 110 Å². The summed E-state index contributed by atoms with van der Waals surface area (Å²) in [6, 6.07) is 9.59. The molecule has 0 amide bonds. The number of aromatic nitrogens is 1. The van der Waals surface area contributed by atoms with E-state index in [2.05, 4.69) is 4.98 Å². The van der Waals surface area contributed by atoms with Gasteiger partial charge in [-0.2, -0.15) is 0 Å². The first-order valence-corrected chi connectivity index (χ1v) is 9.91. The van der Waals surface area contributed by atoms with E-state index >= 15 is 0 Å². The van der Waals surface area contributed by atoms with E-state index in [0.29, 0.717) is 5.56 Å². The van der Waals surface area contributed by atoms with Gasteiger partial charge in [0.15, 0.2) is 12.2 Å². The van der Waals surface area contributed by atoms with Gasteiger partial charge in [-0.1, -0.05) is 19.1 Å². The molecule has 2 aromatic rings.